The molecule has 5 rings (SSSR count). The molecule has 15 heteroatoms. The average Bonchev–Trinajstić information content (AvgIpc) is 3.30. The van der Waals surface area contributed by atoms with E-state index < -0.39 is 40.1 Å². The number of halogens is 4. The second-order valence-electron chi connectivity index (χ2n) is 12.1. The van der Waals surface area contributed by atoms with E-state index in [1.165, 1.54) is 16.4 Å². The number of aromatic nitrogens is 2. The Labute approximate surface area is 260 Å². The summed E-state index contributed by atoms with van der Waals surface area (Å²) in [7, 11) is -3.53. The number of aliphatic hydroxyl groups is 2. The summed E-state index contributed by atoms with van der Waals surface area (Å²) in [6.07, 6.45) is -2.74. The molecule has 9 nitrogen and oxygen atoms in total. The summed E-state index contributed by atoms with van der Waals surface area (Å²) in [5.41, 5.74) is 1.46. The van der Waals surface area contributed by atoms with Gasteiger partial charge < -0.3 is 15.1 Å². The summed E-state index contributed by atoms with van der Waals surface area (Å²) in [6.45, 7) is 3.68. The van der Waals surface area contributed by atoms with Gasteiger partial charge in [-0.15, -0.1) is 11.8 Å². The molecule has 2 saturated heterocycles. The Morgan fingerprint density at radius 1 is 1.09 bits per heavy atom. The van der Waals surface area contributed by atoms with Crippen LogP contribution >= 0.6 is 11.8 Å². The molecule has 2 N–H and O–H groups in total. The van der Waals surface area contributed by atoms with E-state index in [1.54, 1.807) is 4.68 Å². The number of piperidine rings is 2. The number of β-amino-alcohol motifs (C(OH)–C–C–N with tert-alkyl or cyclic N) is 2. The lowest BCUT2D eigenvalue weighted by Crippen LogP contribution is -2.43. The minimum absolute atomic E-state index is 0.0337. The fraction of sp³-hybridized carbons (Fsp3) is 0.690. The molecule has 0 spiro atoms. The molecule has 0 aliphatic carbocycles. The molecule has 2 fully saturated rings. The molecule has 0 amide bonds. The van der Waals surface area contributed by atoms with Crippen LogP contribution in [-0.2, 0) is 35.7 Å². The zero-order valence-corrected chi connectivity index (χ0v) is 26.5. The van der Waals surface area contributed by atoms with Crippen molar-refractivity contribution in [3.63, 3.8) is 0 Å². The Balaban J connectivity index is 1.42. The van der Waals surface area contributed by atoms with Crippen LogP contribution in [0.25, 0.3) is 11.3 Å². The van der Waals surface area contributed by atoms with Gasteiger partial charge in [0.25, 0.3) is 0 Å². The Morgan fingerprint density at radius 2 is 1.84 bits per heavy atom. The summed E-state index contributed by atoms with van der Waals surface area (Å²) >= 11 is 1.09. The van der Waals surface area contributed by atoms with Crippen molar-refractivity contribution in [2.75, 3.05) is 57.8 Å². The van der Waals surface area contributed by atoms with Gasteiger partial charge in [-0.3, -0.25) is 9.58 Å². The third kappa shape index (κ3) is 8.34. The highest BCUT2D eigenvalue weighted by Crippen LogP contribution is 2.40. The molecule has 3 aliphatic rings. The zero-order chi connectivity index (χ0) is 31.6. The molecule has 3 aliphatic heterocycles. The van der Waals surface area contributed by atoms with Crippen molar-refractivity contribution in [1.82, 2.24) is 23.9 Å². The second kappa shape index (κ2) is 13.9. The number of aliphatic hydroxyl groups excluding tert-OH is 2. The minimum Gasteiger partial charge on any atom is -0.392 e. The zero-order valence-electron chi connectivity index (χ0n) is 24.8. The molecular weight excluding hydrogens is 622 g/mol. The number of alkyl halides is 4. The highest BCUT2D eigenvalue weighted by atomic mass is 32.2. The summed E-state index contributed by atoms with van der Waals surface area (Å²) in [4.78, 5) is 4.12. The summed E-state index contributed by atoms with van der Waals surface area (Å²) < 4.78 is 83.4. The van der Waals surface area contributed by atoms with E-state index in [1.807, 2.05) is 4.90 Å². The van der Waals surface area contributed by atoms with E-state index in [4.69, 9.17) is 5.10 Å². The van der Waals surface area contributed by atoms with Crippen LogP contribution in [0.1, 0.15) is 42.5 Å². The van der Waals surface area contributed by atoms with Crippen molar-refractivity contribution in [2.45, 2.75) is 74.6 Å². The van der Waals surface area contributed by atoms with E-state index in [0.29, 0.717) is 74.6 Å². The van der Waals surface area contributed by atoms with Gasteiger partial charge in [-0.2, -0.15) is 22.6 Å². The highest BCUT2D eigenvalue weighted by molar-refractivity contribution is 7.99. The molecular formula is C29H41F4N5O4S2. The number of sulfonamides is 1. The van der Waals surface area contributed by atoms with Crippen molar-refractivity contribution < 1.29 is 36.2 Å². The predicted molar refractivity (Wildman–Crippen MR) is 161 cm³/mol. The fourth-order valence-electron chi connectivity index (χ4n) is 6.32. The Hall–Kier alpha value is -1.75. The van der Waals surface area contributed by atoms with Crippen LogP contribution in [0.15, 0.2) is 23.1 Å². The number of nitrogens with zero attached hydrogens (tertiary/aromatic N) is 5. The van der Waals surface area contributed by atoms with Gasteiger partial charge in [0.15, 0.2) is 0 Å². The third-order valence-electron chi connectivity index (χ3n) is 8.64. The number of likely N-dealkylation sites (tertiary alicyclic amines) is 2. The maximum Gasteiger partial charge on any atom is 0.417 e. The van der Waals surface area contributed by atoms with Crippen LogP contribution in [0.4, 0.5) is 17.6 Å². The van der Waals surface area contributed by atoms with Gasteiger partial charge in [0.05, 0.1) is 36.3 Å². The molecule has 1 aromatic heterocycles. The van der Waals surface area contributed by atoms with Gasteiger partial charge in [-0.1, -0.05) is 6.07 Å². The molecule has 246 valence electrons. The molecule has 0 radical (unpaired) electrons. The summed E-state index contributed by atoms with van der Waals surface area (Å²) in [5, 5.41) is 25.7. The topological polar surface area (TPSA) is 102 Å². The third-order valence-corrected chi connectivity index (χ3v) is 10.9. The van der Waals surface area contributed by atoms with Gasteiger partial charge in [-0.05, 0) is 44.4 Å². The number of rotatable bonds is 10. The quantitative estimate of drug-likeness (QED) is 0.295. The molecule has 1 aromatic carbocycles. The molecule has 44 heavy (non-hydrogen) atoms. The van der Waals surface area contributed by atoms with Gasteiger partial charge in [0.1, 0.15) is 6.17 Å². The number of hydrogen-bond acceptors (Lipinski definition) is 8. The van der Waals surface area contributed by atoms with Gasteiger partial charge >= 0.3 is 6.18 Å². The van der Waals surface area contributed by atoms with Crippen molar-refractivity contribution in [3.05, 3.63) is 35.0 Å². The van der Waals surface area contributed by atoms with Crippen LogP contribution in [0.3, 0.4) is 0 Å². The van der Waals surface area contributed by atoms with E-state index in [0.717, 1.165) is 49.2 Å². The molecule has 0 saturated carbocycles. The lowest BCUT2D eigenvalue weighted by molar-refractivity contribution is -0.139. The lowest BCUT2D eigenvalue weighted by atomic mass is 10.0. The molecule has 2 atom stereocenters. The van der Waals surface area contributed by atoms with Crippen molar-refractivity contribution in [2.24, 2.45) is 0 Å². The maximum absolute atomic E-state index is 14.0. The summed E-state index contributed by atoms with van der Waals surface area (Å²) in [6, 6.07) is 3.89. The van der Waals surface area contributed by atoms with Crippen LogP contribution in [0.5, 0.6) is 0 Å². The second-order valence-corrected chi connectivity index (χ2v) is 15.2. The number of fused-ring (bicyclic) bond motifs is 1. The molecule has 4 heterocycles. The molecule has 0 bridgehead atoms. The molecule has 2 aromatic rings. The van der Waals surface area contributed by atoms with E-state index in [-0.39, 0.29) is 24.5 Å². The van der Waals surface area contributed by atoms with Gasteiger partial charge in [0, 0.05) is 79.7 Å². The number of thioether (sulfide) groups is 1. The predicted octanol–water partition coefficient (Wildman–Crippen LogP) is 3.23. The first-order valence-electron chi connectivity index (χ1n) is 15.1. The lowest BCUT2D eigenvalue weighted by Gasteiger charge is -2.31. The SMILES string of the molecule is CS(=O)(=O)N1CCc2c(c(-c3ccc(C(F)(F)F)c(SCCN4CCC(F)CC4)c3)nn2C[C@@H](O)CN2CCC[C@H](O)C2)C1. The highest BCUT2D eigenvalue weighted by Gasteiger charge is 2.35. The van der Waals surface area contributed by atoms with E-state index >= 15 is 0 Å². The van der Waals surface area contributed by atoms with Crippen LogP contribution < -0.4 is 0 Å². The average molecular weight is 664 g/mol. The standard InChI is InChI=1S/C29H41F4N5O4S2/c1-44(41,42)37-12-8-26-24(19-37)28(34-38(26)18-23(40)17-36-9-2-3-22(39)16-36)20-4-5-25(29(31,32)33)27(15-20)43-14-13-35-10-6-21(30)7-11-35/h4-5,15,21-23,39-40H,2-3,6-14,16-19H2,1H3/t22-,23-/m0/s1. The van der Waals surface area contributed by atoms with E-state index in [9.17, 15) is 36.2 Å². The Bertz CT molecular complexity index is 1400. The number of benzene rings is 1. The Morgan fingerprint density at radius 3 is 2.52 bits per heavy atom. The largest absolute Gasteiger partial charge is 0.417 e. The fourth-order valence-corrected chi connectivity index (χ4v) is 8.22. The van der Waals surface area contributed by atoms with Crippen molar-refractivity contribution in [3.8, 4) is 11.3 Å². The normalized spacial score (nSPS) is 22.3. The molecule has 0 unspecified atom stereocenters. The van der Waals surface area contributed by atoms with Crippen LogP contribution in [0.2, 0.25) is 0 Å². The maximum atomic E-state index is 14.0. The first-order chi connectivity index (χ1) is 20.8. The van der Waals surface area contributed by atoms with E-state index in [2.05, 4.69) is 4.90 Å². The van der Waals surface area contributed by atoms with Crippen molar-refractivity contribution >= 4 is 21.8 Å². The first kappa shape index (κ1) is 33.6. The van der Waals surface area contributed by atoms with Crippen LogP contribution in [-0.4, -0.2) is 119 Å². The first-order valence-corrected chi connectivity index (χ1v) is 17.9. The van der Waals surface area contributed by atoms with Crippen LogP contribution in [0, 0.1) is 0 Å². The minimum atomic E-state index is -4.56. The monoisotopic (exact) mass is 663 g/mol. The number of hydrogen-bond donors (Lipinski definition) is 2. The Kier molecular flexibility index (Phi) is 10.6. The summed E-state index contributed by atoms with van der Waals surface area (Å²) in [5.74, 6) is 0.398. The van der Waals surface area contributed by atoms with Gasteiger partial charge in [-0.25, -0.2) is 12.8 Å². The van der Waals surface area contributed by atoms with Gasteiger partial charge in [0.2, 0.25) is 10.0 Å². The van der Waals surface area contributed by atoms with Crippen molar-refractivity contribution in [1.29, 1.82) is 0 Å². The smallest absolute Gasteiger partial charge is 0.392 e.